The number of carboxylic acids is 1. The number of aliphatic carboxylic acids is 1. The van der Waals surface area contributed by atoms with Gasteiger partial charge < -0.3 is 24.8 Å². The molecule has 2 aromatic rings. The van der Waals surface area contributed by atoms with Crippen LogP contribution in [-0.2, 0) is 19.1 Å². The quantitative estimate of drug-likeness (QED) is 0.621. The standard InChI is InChI=1S/C27H28N2O6/c1-3-4-13-23(24(30)29-14-15-35-27(2,17-29)25(31)32)28-26(33)34-16-22-20-11-7-5-9-18(20)19-10-6-8-12-21(19)22/h5-12,22-23H,13-17H2,1-2H3,(H,28,33)(H,31,32). The number of hydrogen-bond donors (Lipinski definition) is 2. The molecular weight excluding hydrogens is 448 g/mol. The number of morpholine rings is 1. The van der Waals surface area contributed by atoms with Gasteiger partial charge >= 0.3 is 12.1 Å². The van der Waals surface area contributed by atoms with Crippen molar-refractivity contribution in [2.75, 3.05) is 26.3 Å². The van der Waals surface area contributed by atoms with Gasteiger partial charge in [-0.15, -0.1) is 11.8 Å². The van der Waals surface area contributed by atoms with Gasteiger partial charge in [-0.3, -0.25) is 4.79 Å². The van der Waals surface area contributed by atoms with Gasteiger partial charge in [-0.25, -0.2) is 9.59 Å². The molecule has 2 N–H and O–H groups in total. The van der Waals surface area contributed by atoms with Gasteiger partial charge in [0, 0.05) is 18.9 Å². The summed E-state index contributed by atoms with van der Waals surface area (Å²) in [5.74, 6) is 3.88. The van der Waals surface area contributed by atoms with Crippen molar-refractivity contribution in [3.63, 3.8) is 0 Å². The third-order valence-electron chi connectivity index (χ3n) is 6.46. The normalized spacial score (nSPS) is 19.5. The third-order valence-corrected chi connectivity index (χ3v) is 6.46. The van der Waals surface area contributed by atoms with E-state index in [9.17, 15) is 19.5 Å². The number of carboxylic acid groups (broad SMARTS) is 1. The van der Waals surface area contributed by atoms with Crippen LogP contribution >= 0.6 is 0 Å². The number of nitrogens with one attached hydrogen (secondary N) is 1. The highest BCUT2D eigenvalue weighted by molar-refractivity contribution is 5.87. The molecule has 2 amide bonds. The molecule has 182 valence electrons. The van der Waals surface area contributed by atoms with Crippen LogP contribution in [-0.4, -0.2) is 65.9 Å². The van der Waals surface area contributed by atoms with E-state index in [2.05, 4.69) is 29.3 Å². The maximum Gasteiger partial charge on any atom is 0.407 e. The van der Waals surface area contributed by atoms with Crippen LogP contribution in [0.3, 0.4) is 0 Å². The molecule has 1 heterocycles. The SMILES string of the molecule is CC#CCC(NC(=O)OCC1c2ccccc2-c2ccccc21)C(=O)N1CCOC(C)(C(=O)O)C1. The number of ether oxygens (including phenoxy) is 2. The van der Waals surface area contributed by atoms with Crippen molar-refractivity contribution in [3.8, 4) is 23.0 Å². The molecule has 1 fully saturated rings. The first-order valence-corrected chi connectivity index (χ1v) is 11.5. The lowest BCUT2D eigenvalue weighted by atomic mass is 9.98. The van der Waals surface area contributed by atoms with Gasteiger partial charge in [0.25, 0.3) is 0 Å². The number of rotatable bonds is 6. The van der Waals surface area contributed by atoms with Gasteiger partial charge in [-0.2, -0.15) is 0 Å². The number of carbonyl (C=O) groups excluding carboxylic acids is 2. The Balaban J connectivity index is 1.44. The van der Waals surface area contributed by atoms with E-state index in [1.807, 2.05) is 36.4 Å². The Labute approximate surface area is 204 Å². The Hall–Kier alpha value is -3.83. The summed E-state index contributed by atoms with van der Waals surface area (Å²) in [6.45, 7) is 3.38. The molecular formula is C27H28N2O6. The fourth-order valence-electron chi connectivity index (χ4n) is 4.59. The Morgan fingerprint density at radius 1 is 1.17 bits per heavy atom. The molecule has 8 heteroatoms. The molecule has 4 rings (SSSR count). The molecule has 0 saturated carbocycles. The fourth-order valence-corrected chi connectivity index (χ4v) is 4.59. The molecule has 1 aliphatic heterocycles. The van der Waals surface area contributed by atoms with Crippen molar-refractivity contribution in [3.05, 3.63) is 59.7 Å². The number of hydrogen-bond acceptors (Lipinski definition) is 5. The fraction of sp³-hybridized carbons (Fsp3) is 0.370. The summed E-state index contributed by atoms with van der Waals surface area (Å²) in [7, 11) is 0. The second-order valence-electron chi connectivity index (χ2n) is 8.80. The summed E-state index contributed by atoms with van der Waals surface area (Å²) in [5, 5.41) is 12.1. The van der Waals surface area contributed by atoms with Crippen LogP contribution in [0.1, 0.15) is 37.3 Å². The lowest BCUT2D eigenvalue weighted by Gasteiger charge is -2.38. The summed E-state index contributed by atoms with van der Waals surface area (Å²) in [4.78, 5) is 38.9. The van der Waals surface area contributed by atoms with Crippen LogP contribution in [0, 0.1) is 11.8 Å². The monoisotopic (exact) mass is 476 g/mol. The largest absolute Gasteiger partial charge is 0.479 e. The van der Waals surface area contributed by atoms with Crippen molar-refractivity contribution >= 4 is 18.0 Å². The summed E-state index contributed by atoms with van der Waals surface area (Å²) in [6, 6.07) is 15.1. The third kappa shape index (κ3) is 5.00. The van der Waals surface area contributed by atoms with Crippen LogP contribution in [0.4, 0.5) is 4.79 Å². The number of carbonyl (C=O) groups is 3. The molecule has 0 radical (unpaired) electrons. The molecule has 1 aliphatic carbocycles. The first-order valence-electron chi connectivity index (χ1n) is 11.5. The lowest BCUT2D eigenvalue weighted by molar-refractivity contribution is -0.177. The Kier molecular flexibility index (Phi) is 7.08. The zero-order valence-corrected chi connectivity index (χ0v) is 19.7. The molecule has 1 saturated heterocycles. The first-order chi connectivity index (χ1) is 16.8. The number of nitrogens with zero attached hydrogens (tertiary/aromatic N) is 1. The second-order valence-corrected chi connectivity index (χ2v) is 8.80. The van der Waals surface area contributed by atoms with Gasteiger partial charge in [0.05, 0.1) is 13.2 Å². The smallest absolute Gasteiger partial charge is 0.407 e. The average Bonchev–Trinajstić information content (AvgIpc) is 3.18. The van der Waals surface area contributed by atoms with E-state index in [-0.39, 0.29) is 38.6 Å². The summed E-state index contributed by atoms with van der Waals surface area (Å²) in [5.41, 5.74) is 2.92. The maximum atomic E-state index is 13.2. The van der Waals surface area contributed by atoms with E-state index >= 15 is 0 Å². The highest BCUT2D eigenvalue weighted by Gasteiger charge is 2.42. The van der Waals surface area contributed by atoms with Crippen molar-refractivity contribution in [1.82, 2.24) is 10.2 Å². The predicted octanol–water partition coefficient (Wildman–Crippen LogP) is 3.01. The van der Waals surface area contributed by atoms with Gasteiger partial charge in [0.1, 0.15) is 12.6 Å². The summed E-state index contributed by atoms with van der Waals surface area (Å²) >= 11 is 0. The molecule has 8 nitrogen and oxygen atoms in total. The van der Waals surface area contributed by atoms with E-state index in [1.54, 1.807) is 6.92 Å². The minimum absolute atomic E-state index is 0.0840. The van der Waals surface area contributed by atoms with Gasteiger partial charge in [-0.1, -0.05) is 48.5 Å². The Morgan fingerprint density at radius 2 is 1.80 bits per heavy atom. The molecule has 35 heavy (non-hydrogen) atoms. The molecule has 0 aromatic heterocycles. The zero-order valence-electron chi connectivity index (χ0n) is 19.7. The first kappa shape index (κ1) is 24.3. The number of fused-ring (bicyclic) bond motifs is 3. The lowest BCUT2D eigenvalue weighted by Crippen LogP contribution is -2.59. The Bertz CT molecular complexity index is 1150. The highest BCUT2D eigenvalue weighted by atomic mass is 16.5. The highest BCUT2D eigenvalue weighted by Crippen LogP contribution is 2.44. The van der Waals surface area contributed by atoms with Crippen LogP contribution in [0.5, 0.6) is 0 Å². The number of amides is 2. The van der Waals surface area contributed by atoms with E-state index in [0.29, 0.717) is 0 Å². The van der Waals surface area contributed by atoms with Gasteiger partial charge in [0.15, 0.2) is 5.60 Å². The average molecular weight is 477 g/mol. The van der Waals surface area contributed by atoms with Crippen molar-refractivity contribution in [1.29, 1.82) is 0 Å². The van der Waals surface area contributed by atoms with E-state index < -0.39 is 29.6 Å². The molecule has 0 spiro atoms. The minimum atomic E-state index is -1.50. The predicted molar refractivity (Wildman–Crippen MR) is 129 cm³/mol. The molecule has 2 aliphatic rings. The van der Waals surface area contributed by atoms with Crippen molar-refractivity contribution < 1.29 is 29.0 Å². The second kappa shape index (κ2) is 10.2. The summed E-state index contributed by atoms with van der Waals surface area (Å²) in [6.07, 6.45) is -0.641. The zero-order chi connectivity index (χ0) is 25.0. The molecule has 2 unspecified atom stereocenters. The van der Waals surface area contributed by atoms with Gasteiger partial charge in [-0.05, 0) is 36.1 Å². The number of benzene rings is 2. The Morgan fingerprint density at radius 3 is 2.40 bits per heavy atom. The van der Waals surface area contributed by atoms with Crippen LogP contribution in [0.25, 0.3) is 11.1 Å². The topological polar surface area (TPSA) is 105 Å². The van der Waals surface area contributed by atoms with Crippen molar-refractivity contribution in [2.45, 2.75) is 37.8 Å². The molecule has 0 bridgehead atoms. The van der Waals surface area contributed by atoms with Crippen LogP contribution in [0.2, 0.25) is 0 Å². The van der Waals surface area contributed by atoms with Crippen LogP contribution in [0.15, 0.2) is 48.5 Å². The number of alkyl carbamates (subject to hydrolysis) is 1. The van der Waals surface area contributed by atoms with Gasteiger partial charge in [0.2, 0.25) is 5.91 Å². The molecule has 2 atom stereocenters. The molecule has 2 aromatic carbocycles. The van der Waals surface area contributed by atoms with E-state index in [1.165, 1.54) is 11.8 Å². The van der Waals surface area contributed by atoms with Crippen molar-refractivity contribution in [2.24, 2.45) is 0 Å². The minimum Gasteiger partial charge on any atom is -0.479 e. The van der Waals surface area contributed by atoms with E-state index in [0.717, 1.165) is 22.3 Å². The van der Waals surface area contributed by atoms with Crippen LogP contribution < -0.4 is 5.32 Å². The maximum absolute atomic E-state index is 13.2. The summed E-state index contributed by atoms with van der Waals surface area (Å²) < 4.78 is 10.9. The van der Waals surface area contributed by atoms with E-state index in [4.69, 9.17) is 9.47 Å².